The van der Waals surface area contributed by atoms with E-state index in [0.29, 0.717) is 39.9 Å². The zero-order valence-corrected chi connectivity index (χ0v) is 18.0. The molecule has 33 heavy (non-hydrogen) atoms. The van der Waals surface area contributed by atoms with Gasteiger partial charge in [0.05, 0.1) is 25.4 Å². The maximum Gasteiger partial charge on any atom is 0.280 e. The molecule has 0 amide bonds. The van der Waals surface area contributed by atoms with Crippen LogP contribution in [0.15, 0.2) is 65.2 Å². The van der Waals surface area contributed by atoms with Crippen molar-refractivity contribution in [3.05, 3.63) is 83.0 Å². The zero-order valence-electron chi connectivity index (χ0n) is 17.2. The minimum absolute atomic E-state index is 0.147. The lowest BCUT2D eigenvalue weighted by Gasteiger charge is -2.08. The van der Waals surface area contributed by atoms with Crippen molar-refractivity contribution in [2.75, 3.05) is 7.11 Å². The average Bonchev–Trinajstić information content (AvgIpc) is 3.46. The molecule has 0 saturated heterocycles. The fourth-order valence-electron chi connectivity index (χ4n) is 3.41. The summed E-state index contributed by atoms with van der Waals surface area (Å²) in [4.78, 5) is 4.57. The lowest BCUT2D eigenvalue weighted by atomic mass is 10.1. The van der Waals surface area contributed by atoms with E-state index in [1.165, 1.54) is 12.3 Å². The van der Waals surface area contributed by atoms with Crippen LogP contribution in [0.5, 0.6) is 5.75 Å². The Balaban J connectivity index is 1.55. The maximum absolute atomic E-state index is 13.8. The lowest BCUT2D eigenvalue weighted by molar-refractivity contribution is 0.143. The van der Waals surface area contributed by atoms with E-state index in [2.05, 4.69) is 20.3 Å². The summed E-state index contributed by atoms with van der Waals surface area (Å²) < 4.78 is 39.7. The van der Waals surface area contributed by atoms with Crippen molar-refractivity contribution in [1.82, 2.24) is 24.8 Å². The minimum atomic E-state index is -2.76. The van der Waals surface area contributed by atoms with Crippen molar-refractivity contribution >= 4 is 17.2 Å². The zero-order chi connectivity index (χ0) is 22.9. The normalized spacial score (nSPS) is 11.4. The predicted molar refractivity (Wildman–Crippen MR) is 117 cm³/mol. The van der Waals surface area contributed by atoms with Crippen molar-refractivity contribution < 1.29 is 17.9 Å². The summed E-state index contributed by atoms with van der Waals surface area (Å²) in [6.07, 6.45) is -0.967. The molecular formula is C23H16ClF2N5O2. The fourth-order valence-corrected chi connectivity index (χ4v) is 3.54. The van der Waals surface area contributed by atoms with Crippen LogP contribution in [0.2, 0.25) is 5.02 Å². The van der Waals surface area contributed by atoms with Crippen LogP contribution < -0.4 is 4.74 Å². The van der Waals surface area contributed by atoms with Gasteiger partial charge in [-0.1, -0.05) is 23.7 Å². The van der Waals surface area contributed by atoms with Gasteiger partial charge in [0, 0.05) is 10.6 Å². The molecule has 0 radical (unpaired) electrons. The van der Waals surface area contributed by atoms with E-state index in [-0.39, 0.29) is 17.2 Å². The van der Waals surface area contributed by atoms with Gasteiger partial charge in [-0.3, -0.25) is 0 Å². The van der Waals surface area contributed by atoms with Gasteiger partial charge in [0.2, 0.25) is 5.89 Å². The van der Waals surface area contributed by atoms with E-state index in [4.69, 9.17) is 20.8 Å². The molecule has 0 N–H and O–H groups in total. The van der Waals surface area contributed by atoms with E-state index in [9.17, 15) is 8.78 Å². The monoisotopic (exact) mass is 467 g/mol. The summed E-state index contributed by atoms with van der Waals surface area (Å²) >= 11 is 5.92. The standard InChI is InChI=1S/C23H16ClF2N5O2/c1-32-16-8-4-14(5-9-16)18-11-19(21(25)26)31-22(28-18)17(12-27-31)23-30-29-20(33-23)10-13-2-6-15(24)7-3-13/h2-9,11-12,21H,10H2,1H3. The second kappa shape index (κ2) is 8.59. The SMILES string of the molecule is COc1ccc(-c2cc(C(F)F)n3ncc(-c4nnc(Cc5ccc(Cl)cc5)o4)c3n2)cc1. The van der Waals surface area contributed by atoms with Gasteiger partial charge < -0.3 is 9.15 Å². The van der Waals surface area contributed by atoms with Crippen LogP contribution in [0.1, 0.15) is 23.6 Å². The molecule has 0 bridgehead atoms. The summed E-state index contributed by atoms with van der Waals surface area (Å²) in [7, 11) is 1.55. The molecule has 0 aliphatic carbocycles. The molecule has 5 rings (SSSR count). The number of aromatic nitrogens is 5. The first-order valence-corrected chi connectivity index (χ1v) is 10.3. The number of halogens is 3. The second-order valence-corrected chi connectivity index (χ2v) is 7.63. The molecule has 2 aromatic carbocycles. The van der Waals surface area contributed by atoms with Crippen LogP contribution in [0, 0.1) is 0 Å². The van der Waals surface area contributed by atoms with Gasteiger partial charge in [-0.05, 0) is 48.0 Å². The number of benzene rings is 2. The Hall–Kier alpha value is -3.85. The molecule has 0 aliphatic rings. The van der Waals surface area contributed by atoms with Gasteiger partial charge in [0.15, 0.2) is 5.65 Å². The molecule has 0 spiro atoms. The third-order valence-corrected chi connectivity index (χ3v) is 5.33. The van der Waals surface area contributed by atoms with Crippen LogP contribution >= 0.6 is 11.6 Å². The van der Waals surface area contributed by atoms with Crippen molar-refractivity contribution in [1.29, 1.82) is 0 Å². The highest BCUT2D eigenvalue weighted by Crippen LogP contribution is 2.31. The van der Waals surface area contributed by atoms with Gasteiger partial charge in [-0.25, -0.2) is 18.3 Å². The highest BCUT2D eigenvalue weighted by molar-refractivity contribution is 6.30. The Bertz CT molecular complexity index is 1420. The topological polar surface area (TPSA) is 78.3 Å². The first kappa shape index (κ1) is 21.0. The average molecular weight is 468 g/mol. The van der Waals surface area contributed by atoms with Gasteiger partial charge in [0.1, 0.15) is 17.0 Å². The molecule has 10 heteroatoms. The molecule has 0 unspecified atom stereocenters. The predicted octanol–water partition coefficient (Wildman–Crippen LogP) is 5.64. The number of hydrogen-bond donors (Lipinski definition) is 0. The van der Waals surface area contributed by atoms with Crippen LogP contribution in [0.25, 0.3) is 28.4 Å². The van der Waals surface area contributed by atoms with Crippen LogP contribution in [0.4, 0.5) is 8.78 Å². The Morgan fingerprint density at radius 2 is 1.82 bits per heavy atom. The Labute approximate surface area is 191 Å². The van der Waals surface area contributed by atoms with Crippen molar-refractivity contribution in [3.8, 4) is 28.5 Å². The summed E-state index contributed by atoms with van der Waals surface area (Å²) in [5.41, 5.74) is 2.22. The lowest BCUT2D eigenvalue weighted by Crippen LogP contribution is -2.02. The molecule has 0 fully saturated rings. The molecular weight excluding hydrogens is 452 g/mol. The summed E-state index contributed by atoms with van der Waals surface area (Å²) in [6, 6.07) is 15.6. The summed E-state index contributed by atoms with van der Waals surface area (Å²) in [5.74, 6) is 1.17. The van der Waals surface area contributed by atoms with Crippen LogP contribution in [0.3, 0.4) is 0 Å². The third-order valence-electron chi connectivity index (χ3n) is 5.07. The first-order valence-electron chi connectivity index (χ1n) is 9.90. The van der Waals surface area contributed by atoms with E-state index in [1.807, 2.05) is 12.1 Å². The van der Waals surface area contributed by atoms with Crippen LogP contribution in [-0.4, -0.2) is 31.9 Å². The molecule has 5 aromatic rings. The van der Waals surface area contributed by atoms with E-state index < -0.39 is 6.43 Å². The highest BCUT2D eigenvalue weighted by atomic mass is 35.5. The molecule has 0 atom stereocenters. The minimum Gasteiger partial charge on any atom is -0.497 e. The van der Waals surface area contributed by atoms with Crippen LogP contribution in [-0.2, 0) is 6.42 Å². The van der Waals surface area contributed by atoms with Crippen molar-refractivity contribution in [2.45, 2.75) is 12.8 Å². The number of hydrogen-bond acceptors (Lipinski definition) is 6. The highest BCUT2D eigenvalue weighted by Gasteiger charge is 2.22. The first-order chi connectivity index (χ1) is 16.0. The van der Waals surface area contributed by atoms with Gasteiger partial charge in [-0.15, -0.1) is 10.2 Å². The molecule has 3 aromatic heterocycles. The van der Waals surface area contributed by atoms with Crippen molar-refractivity contribution in [2.24, 2.45) is 0 Å². The van der Waals surface area contributed by atoms with Gasteiger partial charge in [0.25, 0.3) is 12.3 Å². The number of nitrogens with zero attached hydrogens (tertiary/aromatic N) is 5. The fraction of sp³-hybridized carbons (Fsp3) is 0.130. The Kier molecular flexibility index (Phi) is 5.47. The largest absolute Gasteiger partial charge is 0.497 e. The maximum atomic E-state index is 13.8. The smallest absolute Gasteiger partial charge is 0.280 e. The molecule has 0 saturated carbocycles. The Morgan fingerprint density at radius 3 is 2.52 bits per heavy atom. The van der Waals surface area contributed by atoms with E-state index in [1.54, 1.807) is 43.5 Å². The number of methoxy groups -OCH3 is 1. The summed E-state index contributed by atoms with van der Waals surface area (Å²) in [6.45, 7) is 0. The number of ether oxygens (including phenoxy) is 1. The molecule has 0 aliphatic heterocycles. The molecule has 7 nitrogen and oxygen atoms in total. The molecule has 3 heterocycles. The second-order valence-electron chi connectivity index (χ2n) is 7.19. The van der Waals surface area contributed by atoms with E-state index in [0.717, 1.165) is 10.1 Å². The third kappa shape index (κ3) is 4.14. The number of alkyl halides is 2. The number of fused-ring (bicyclic) bond motifs is 1. The van der Waals surface area contributed by atoms with Gasteiger partial charge >= 0.3 is 0 Å². The number of rotatable bonds is 6. The summed E-state index contributed by atoms with van der Waals surface area (Å²) in [5, 5.41) is 12.9. The molecule has 166 valence electrons. The quantitative estimate of drug-likeness (QED) is 0.322. The van der Waals surface area contributed by atoms with Crippen molar-refractivity contribution in [3.63, 3.8) is 0 Å². The van der Waals surface area contributed by atoms with E-state index >= 15 is 0 Å². The Morgan fingerprint density at radius 1 is 1.06 bits per heavy atom. The van der Waals surface area contributed by atoms with Gasteiger partial charge in [-0.2, -0.15) is 5.10 Å².